The lowest BCUT2D eigenvalue weighted by molar-refractivity contribution is 0.428. The summed E-state index contributed by atoms with van der Waals surface area (Å²) < 4.78 is 0. The molecule has 0 aliphatic carbocycles. The zero-order chi connectivity index (χ0) is 14.7. The topological polar surface area (TPSA) is 41.1 Å². The van der Waals surface area contributed by atoms with Crippen LogP contribution in [0.4, 0.5) is 5.82 Å². The molecule has 1 unspecified atom stereocenters. The fourth-order valence-corrected chi connectivity index (χ4v) is 3.15. The van der Waals surface area contributed by atoms with Gasteiger partial charge < -0.3 is 10.2 Å². The van der Waals surface area contributed by atoms with E-state index >= 15 is 0 Å². The second kappa shape index (κ2) is 6.39. The van der Waals surface area contributed by atoms with E-state index in [2.05, 4.69) is 30.1 Å². The number of nitrogens with one attached hydrogen (secondary N) is 1. The lowest BCUT2D eigenvalue weighted by atomic mass is 10.1. The van der Waals surface area contributed by atoms with Crippen molar-refractivity contribution in [2.45, 2.75) is 39.2 Å². The van der Waals surface area contributed by atoms with E-state index in [1.807, 2.05) is 18.2 Å². The SMILES string of the molecule is CCCN(c1nc2ccccc2nc1C)C1CCCNC1. The molecular formula is C17H24N4. The monoisotopic (exact) mass is 284 g/mol. The number of hydrogen-bond donors (Lipinski definition) is 1. The highest BCUT2D eigenvalue weighted by molar-refractivity contribution is 5.76. The summed E-state index contributed by atoms with van der Waals surface area (Å²) in [6, 6.07) is 8.67. The number of rotatable bonds is 4. The van der Waals surface area contributed by atoms with Crippen molar-refractivity contribution in [1.29, 1.82) is 0 Å². The highest BCUT2D eigenvalue weighted by Gasteiger charge is 2.23. The van der Waals surface area contributed by atoms with Gasteiger partial charge in [0, 0.05) is 19.1 Å². The molecule has 21 heavy (non-hydrogen) atoms. The van der Waals surface area contributed by atoms with E-state index in [0.29, 0.717) is 6.04 Å². The summed E-state index contributed by atoms with van der Waals surface area (Å²) in [5.74, 6) is 1.06. The first-order valence-corrected chi connectivity index (χ1v) is 8.00. The molecule has 2 aromatic rings. The number of fused-ring (bicyclic) bond motifs is 1. The number of piperidine rings is 1. The maximum absolute atomic E-state index is 4.90. The Kier molecular flexibility index (Phi) is 4.34. The molecule has 0 radical (unpaired) electrons. The summed E-state index contributed by atoms with van der Waals surface area (Å²) in [6.45, 7) is 7.54. The van der Waals surface area contributed by atoms with Crippen molar-refractivity contribution in [1.82, 2.24) is 15.3 Å². The number of benzene rings is 1. The van der Waals surface area contributed by atoms with Crippen molar-refractivity contribution in [3.05, 3.63) is 30.0 Å². The first kappa shape index (κ1) is 14.3. The lowest BCUT2D eigenvalue weighted by Crippen LogP contribution is -2.47. The van der Waals surface area contributed by atoms with Crippen LogP contribution in [0.1, 0.15) is 31.9 Å². The summed E-state index contributed by atoms with van der Waals surface area (Å²) in [5, 5.41) is 3.51. The van der Waals surface area contributed by atoms with Crippen molar-refractivity contribution in [2.75, 3.05) is 24.5 Å². The number of anilines is 1. The Morgan fingerprint density at radius 1 is 1.24 bits per heavy atom. The molecular weight excluding hydrogens is 260 g/mol. The van der Waals surface area contributed by atoms with Gasteiger partial charge in [-0.3, -0.25) is 0 Å². The maximum atomic E-state index is 4.90. The molecule has 4 heteroatoms. The fourth-order valence-electron chi connectivity index (χ4n) is 3.15. The predicted molar refractivity (Wildman–Crippen MR) is 87.8 cm³/mol. The molecule has 1 saturated heterocycles. The molecule has 1 atom stereocenters. The van der Waals surface area contributed by atoms with Crippen molar-refractivity contribution in [3.63, 3.8) is 0 Å². The van der Waals surface area contributed by atoms with Crippen molar-refractivity contribution in [3.8, 4) is 0 Å². The van der Waals surface area contributed by atoms with Gasteiger partial charge >= 0.3 is 0 Å². The molecule has 1 aromatic heterocycles. The first-order valence-electron chi connectivity index (χ1n) is 8.00. The average molecular weight is 284 g/mol. The molecule has 1 aliphatic heterocycles. The third-order valence-corrected chi connectivity index (χ3v) is 4.17. The third kappa shape index (κ3) is 3.00. The summed E-state index contributed by atoms with van der Waals surface area (Å²) in [5.41, 5.74) is 3.01. The summed E-state index contributed by atoms with van der Waals surface area (Å²) >= 11 is 0. The Labute approximate surface area is 126 Å². The summed E-state index contributed by atoms with van der Waals surface area (Å²) in [4.78, 5) is 12.1. The van der Waals surface area contributed by atoms with E-state index < -0.39 is 0 Å². The Morgan fingerprint density at radius 2 is 2.00 bits per heavy atom. The van der Waals surface area contributed by atoms with Crippen molar-refractivity contribution >= 4 is 16.9 Å². The van der Waals surface area contributed by atoms with Crippen molar-refractivity contribution < 1.29 is 0 Å². The van der Waals surface area contributed by atoms with Crippen LogP contribution in [-0.2, 0) is 0 Å². The molecule has 1 aromatic carbocycles. The largest absolute Gasteiger partial charge is 0.351 e. The van der Waals surface area contributed by atoms with Gasteiger partial charge in [-0.15, -0.1) is 0 Å². The Balaban J connectivity index is 1.99. The van der Waals surface area contributed by atoms with Crippen LogP contribution in [0, 0.1) is 6.92 Å². The zero-order valence-corrected chi connectivity index (χ0v) is 13.0. The van der Waals surface area contributed by atoms with Crippen LogP contribution >= 0.6 is 0 Å². The smallest absolute Gasteiger partial charge is 0.151 e. The highest BCUT2D eigenvalue weighted by Crippen LogP contribution is 2.24. The van der Waals surface area contributed by atoms with Crippen LogP contribution in [0.15, 0.2) is 24.3 Å². The van der Waals surface area contributed by atoms with E-state index in [1.54, 1.807) is 0 Å². The molecule has 1 N–H and O–H groups in total. The van der Waals surface area contributed by atoms with E-state index in [4.69, 9.17) is 9.97 Å². The van der Waals surface area contributed by atoms with Gasteiger partial charge in [-0.25, -0.2) is 9.97 Å². The number of aromatic nitrogens is 2. The van der Waals surface area contributed by atoms with Gasteiger partial charge in [-0.05, 0) is 44.9 Å². The minimum atomic E-state index is 0.535. The fraction of sp³-hybridized carbons (Fsp3) is 0.529. The van der Waals surface area contributed by atoms with Crippen LogP contribution in [-0.4, -0.2) is 35.6 Å². The van der Waals surface area contributed by atoms with Gasteiger partial charge in [0.15, 0.2) is 5.82 Å². The molecule has 1 aliphatic rings. The first-order chi connectivity index (χ1) is 10.3. The highest BCUT2D eigenvalue weighted by atomic mass is 15.2. The van der Waals surface area contributed by atoms with Crippen LogP contribution in [0.5, 0.6) is 0 Å². The normalized spacial score (nSPS) is 18.9. The van der Waals surface area contributed by atoms with Crippen LogP contribution in [0.3, 0.4) is 0 Å². The molecule has 1 fully saturated rings. The molecule has 0 spiro atoms. The van der Waals surface area contributed by atoms with Gasteiger partial charge in [0.1, 0.15) is 0 Å². The van der Waals surface area contributed by atoms with E-state index in [-0.39, 0.29) is 0 Å². The van der Waals surface area contributed by atoms with Gasteiger partial charge in [-0.1, -0.05) is 19.1 Å². The average Bonchev–Trinajstić information content (AvgIpc) is 2.53. The Hall–Kier alpha value is -1.68. The van der Waals surface area contributed by atoms with E-state index in [9.17, 15) is 0 Å². The van der Waals surface area contributed by atoms with E-state index in [1.165, 1.54) is 12.8 Å². The number of aryl methyl sites for hydroxylation is 1. The standard InChI is InChI=1S/C17H24N4/c1-3-11-21(14-7-6-10-18-12-14)17-13(2)19-15-8-4-5-9-16(15)20-17/h4-5,8-9,14,18H,3,6-7,10-12H2,1-2H3. The minimum Gasteiger partial charge on any atom is -0.351 e. The molecule has 2 heterocycles. The third-order valence-electron chi connectivity index (χ3n) is 4.17. The summed E-state index contributed by atoms with van der Waals surface area (Å²) in [7, 11) is 0. The molecule has 0 saturated carbocycles. The molecule has 3 rings (SSSR count). The minimum absolute atomic E-state index is 0.535. The molecule has 4 nitrogen and oxygen atoms in total. The van der Waals surface area contributed by atoms with Crippen LogP contribution in [0.2, 0.25) is 0 Å². The zero-order valence-electron chi connectivity index (χ0n) is 13.0. The van der Waals surface area contributed by atoms with Gasteiger partial charge in [-0.2, -0.15) is 0 Å². The summed E-state index contributed by atoms with van der Waals surface area (Å²) in [6.07, 6.45) is 3.61. The number of nitrogens with zero attached hydrogens (tertiary/aromatic N) is 3. The Bertz CT molecular complexity index is 605. The van der Waals surface area contributed by atoms with Gasteiger partial charge in [0.05, 0.1) is 16.7 Å². The quantitative estimate of drug-likeness (QED) is 0.937. The van der Waals surface area contributed by atoms with Crippen molar-refractivity contribution in [2.24, 2.45) is 0 Å². The maximum Gasteiger partial charge on any atom is 0.151 e. The number of para-hydroxylation sites is 2. The van der Waals surface area contributed by atoms with Crippen LogP contribution in [0.25, 0.3) is 11.0 Å². The second-order valence-electron chi connectivity index (χ2n) is 5.81. The van der Waals surface area contributed by atoms with Crippen LogP contribution < -0.4 is 10.2 Å². The number of hydrogen-bond acceptors (Lipinski definition) is 4. The molecule has 0 bridgehead atoms. The Morgan fingerprint density at radius 3 is 2.67 bits per heavy atom. The second-order valence-corrected chi connectivity index (χ2v) is 5.81. The van der Waals surface area contributed by atoms with Gasteiger partial charge in [0.2, 0.25) is 0 Å². The molecule has 112 valence electrons. The van der Waals surface area contributed by atoms with Gasteiger partial charge in [0.25, 0.3) is 0 Å². The predicted octanol–water partition coefficient (Wildman–Crippen LogP) is 2.91. The molecule has 0 amide bonds. The lowest BCUT2D eigenvalue weighted by Gasteiger charge is -2.36. The van der Waals surface area contributed by atoms with E-state index in [0.717, 1.165) is 48.6 Å².